The molecule has 1 aliphatic rings. The highest BCUT2D eigenvalue weighted by Gasteiger charge is 2.27. The van der Waals surface area contributed by atoms with E-state index in [1.165, 1.54) is 6.07 Å². The summed E-state index contributed by atoms with van der Waals surface area (Å²) in [6.45, 7) is 0.297. The van der Waals surface area contributed by atoms with Crippen LogP contribution in [0.4, 0.5) is 10.1 Å². The molecule has 1 atom stereocenters. The summed E-state index contributed by atoms with van der Waals surface area (Å²) in [5.74, 6) is -2.21. The number of nitrogens with one attached hydrogen (secondary N) is 2. The van der Waals surface area contributed by atoms with Gasteiger partial charge in [-0.25, -0.2) is 4.39 Å². The average Bonchev–Trinajstić information content (AvgIpc) is 2.70. The van der Waals surface area contributed by atoms with Gasteiger partial charge in [-0.2, -0.15) is 0 Å². The van der Waals surface area contributed by atoms with Crippen LogP contribution in [0.5, 0.6) is 5.75 Å². The van der Waals surface area contributed by atoms with Gasteiger partial charge in [-0.1, -0.05) is 0 Å². The Kier molecular flexibility index (Phi) is 2.95. The zero-order valence-electron chi connectivity index (χ0n) is 8.87. The number of phenols is 1. The van der Waals surface area contributed by atoms with E-state index in [-0.39, 0.29) is 23.9 Å². The van der Waals surface area contributed by atoms with Crippen molar-refractivity contribution in [1.29, 1.82) is 0 Å². The fourth-order valence-electron chi connectivity index (χ4n) is 1.62. The predicted octanol–water partition coefficient (Wildman–Crippen LogP) is 0.606. The molecule has 2 amide bonds. The van der Waals surface area contributed by atoms with E-state index in [1.54, 1.807) is 0 Å². The molecule has 1 fully saturated rings. The van der Waals surface area contributed by atoms with Gasteiger partial charge in [0.15, 0.2) is 11.6 Å². The van der Waals surface area contributed by atoms with Gasteiger partial charge in [0.05, 0.1) is 5.92 Å². The molecular weight excluding hydrogens is 227 g/mol. The summed E-state index contributed by atoms with van der Waals surface area (Å²) in [4.78, 5) is 22.6. The molecule has 0 saturated carbocycles. The lowest BCUT2D eigenvalue weighted by Gasteiger charge is -2.09. The minimum absolute atomic E-state index is 0.145. The van der Waals surface area contributed by atoms with E-state index in [0.29, 0.717) is 6.54 Å². The molecule has 2 rings (SSSR count). The Morgan fingerprint density at radius 2 is 2.29 bits per heavy atom. The highest BCUT2D eigenvalue weighted by molar-refractivity contribution is 5.97. The molecule has 1 heterocycles. The van der Waals surface area contributed by atoms with Gasteiger partial charge >= 0.3 is 0 Å². The molecule has 1 aromatic carbocycles. The zero-order chi connectivity index (χ0) is 12.4. The molecule has 6 heteroatoms. The topological polar surface area (TPSA) is 78.4 Å². The van der Waals surface area contributed by atoms with Crippen LogP contribution in [0.15, 0.2) is 18.2 Å². The summed E-state index contributed by atoms with van der Waals surface area (Å²) in [7, 11) is 0. The van der Waals surface area contributed by atoms with Crippen molar-refractivity contribution in [2.75, 3.05) is 11.9 Å². The van der Waals surface area contributed by atoms with Crippen molar-refractivity contribution < 1.29 is 19.1 Å². The van der Waals surface area contributed by atoms with Gasteiger partial charge in [-0.3, -0.25) is 9.59 Å². The fraction of sp³-hybridized carbons (Fsp3) is 0.273. The van der Waals surface area contributed by atoms with Gasteiger partial charge in [-0.05, 0) is 12.1 Å². The van der Waals surface area contributed by atoms with Crippen LogP contribution in [0.25, 0.3) is 0 Å². The first-order valence-corrected chi connectivity index (χ1v) is 5.12. The lowest BCUT2D eigenvalue weighted by Crippen LogP contribution is -2.24. The molecule has 5 nitrogen and oxygen atoms in total. The fourth-order valence-corrected chi connectivity index (χ4v) is 1.62. The maximum absolute atomic E-state index is 13.0. The molecule has 0 aliphatic carbocycles. The van der Waals surface area contributed by atoms with E-state index in [4.69, 9.17) is 5.11 Å². The Morgan fingerprint density at radius 3 is 2.88 bits per heavy atom. The highest BCUT2D eigenvalue weighted by Crippen LogP contribution is 2.20. The number of phenolic OH excluding ortho intramolecular Hbond substituents is 1. The first-order valence-electron chi connectivity index (χ1n) is 5.12. The first kappa shape index (κ1) is 11.4. The highest BCUT2D eigenvalue weighted by atomic mass is 19.1. The van der Waals surface area contributed by atoms with Gasteiger partial charge in [0, 0.05) is 24.7 Å². The van der Waals surface area contributed by atoms with Crippen molar-refractivity contribution in [3.8, 4) is 5.75 Å². The summed E-state index contributed by atoms with van der Waals surface area (Å²) in [6, 6.07) is 3.57. The Bertz CT molecular complexity index is 476. The zero-order valence-corrected chi connectivity index (χ0v) is 8.87. The number of benzene rings is 1. The van der Waals surface area contributed by atoms with Gasteiger partial charge < -0.3 is 15.7 Å². The molecule has 1 saturated heterocycles. The molecular formula is C11H11FN2O3. The van der Waals surface area contributed by atoms with Gasteiger partial charge in [0.1, 0.15) is 0 Å². The molecule has 1 aliphatic heterocycles. The molecule has 0 aromatic heterocycles. The summed E-state index contributed by atoms with van der Waals surface area (Å²) < 4.78 is 13.0. The van der Waals surface area contributed by atoms with E-state index in [2.05, 4.69) is 10.6 Å². The third-order valence-corrected chi connectivity index (χ3v) is 2.56. The van der Waals surface area contributed by atoms with E-state index in [0.717, 1.165) is 12.1 Å². The first-order chi connectivity index (χ1) is 8.06. The van der Waals surface area contributed by atoms with E-state index >= 15 is 0 Å². The summed E-state index contributed by atoms with van der Waals surface area (Å²) in [5.41, 5.74) is 0.254. The van der Waals surface area contributed by atoms with Gasteiger partial charge in [0.25, 0.3) is 0 Å². The number of rotatable bonds is 2. The number of halogens is 1. The molecule has 1 aromatic rings. The number of aromatic hydroxyl groups is 1. The monoisotopic (exact) mass is 238 g/mol. The summed E-state index contributed by atoms with van der Waals surface area (Å²) in [6.07, 6.45) is 0.145. The normalized spacial score (nSPS) is 18.9. The quantitative estimate of drug-likeness (QED) is 0.660. The van der Waals surface area contributed by atoms with Crippen LogP contribution in [0.1, 0.15) is 6.42 Å². The van der Waals surface area contributed by atoms with Crippen LogP contribution in [-0.4, -0.2) is 23.5 Å². The van der Waals surface area contributed by atoms with E-state index in [9.17, 15) is 14.0 Å². The Morgan fingerprint density at radius 1 is 1.53 bits per heavy atom. The molecule has 1 unspecified atom stereocenters. The standard InChI is InChI=1S/C11H11FN2O3/c12-8-4-7(1-2-9(8)15)14-11(17)6-3-10(16)13-5-6/h1-2,4,6,15H,3,5H2,(H,13,16)(H,14,17). The second-order valence-corrected chi connectivity index (χ2v) is 3.86. The molecule has 90 valence electrons. The van der Waals surface area contributed by atoms with Crippen molar-refractivity contribution >= 4 is 17.5 Å². The van der Waals surface area contributed by atoms with Crippen LogP contribution < -0.4 is 10.6 Å². The Hall–Kier alpha value is -2.11. The molecule has 0 bridgehead atoms. The van der Waals surface area contributed by atoms with Crippen molar-refractivity contribution in [3.05, 3.63) is 24.0 Å². The smallest absolute Gasteiger partial charge is 0.229 e. The largest absolute Gasteiger partial charge is 0.505 e. The average molecular weight is 238 g/mol. The van der Waals surface area contributed by atoms with Crippen molar-refractivity contribution in [2.24, 2.45) is 5.92 Å². The third-order valence-electron chi connectivity index (χ3n) is 2.56. The maximum Gasteiger partial charge on any atom is 0.229 e. The second kappa shape index (κ2) is 4.40. The van der Waals surface area contributed by atoms with Crippen LogP contribution in [0, 0.1) is 11.7 Å². The van der Waals surface area contributed by atoms with Gasteiger partial charge in [0.2, 0.25) is 11.8 Å². The SMILES string of the molecule is O=C1CC(C(=O)Nc2ccc(O)c(F)c2)CN1. The Balaban J connectivity index is 2.03. The van der Waals surface area contributed by atoms with Gasteiger partial charge in [-0.15, -0.1) is 0 Å². The van der Waals surface area contributed by atoms with Crippen molar-refractivity contribution in [1.82, 2.24) is 5.32 Å². The maximum atomic E-state index is 13.0. The van der Waals surface area contributed by atoms with Crippen molar-refractivity contribution in [3.63, 3.8) is 0 Å². The van der Waals surface area contributed by atoms with E-state index in [1.807, 2.05) is 0 Å². The summed E-state index contributed by atoms with van der Waals surface area (Å²) in [5, 5.41) is 14.0. The molecule has 0 spiro atoms. The predicted molar refractivity (Wildman–Crippen MR) is 57.8 cm³/mol. The third kappa shape index (κ3) is 2.52. The van der Waals surface area contributed by atoms with Crippen LogP contribution in [-0.2, 0) is 9.59 Å². The number of carbonyl (C=O) groups excluding carboxylic acids is 2. The number of anilines is 1. The number of amides is 2. The lowest BCUT2D eigenvalue weighted by atomic mass is 10.1. The molecule has 0 radical (unpaired) electrons. The molecule has 17 heavy (non-hydrogen) atoms. The number of hydrogen-bond donors (Lipinski definition) is 3. The Labute approximate surface area is 96.6 Å². The van der Waals surface area contributed by atoms with Crippen LogP contribution in [0.3, 0.4) is 0 Å². The minimum atomic E-state index is -0.802. The lowest BCUT2D eigenvalue weighted by molar-refractivity contribution is -0.123. The van der Waals surface area contributed by atoms with Crippen LogP contribution in [0.2, 0.25) is 0 Å². The summed E-state index contributed by atoms with van der Waals surface area (Å²) >= 11 is 0. The number of hydrogen-bond acceptors (Lipinski definition) is 3. The number of carbonyl (C=O) groups is 2. The second-order valence-electron chi connectivity index (χ2n) is 3.86. The van der Waals surface area contributed by atoms with Crippen molar-refractivity contribution in [2.45, 2.75) is 6.42 Å². The van der Waals surface area contributed by atoms with Crippen LogP contribution >= 0.6 is 0 Å². The minimum Gasteiger partial charge on any atom is -0.505 e. The van der Waals surface area contributed by atoms with E-state index < -0.39 is 17.5 Å². The molecule has 3 N–H and O–H groups in total.